The summed E-state index contributed by atoms with van der Waals surface area (Å²) >= 11 is 0. The zero-order chi connectivity index (χ0) is 17.6. The maximum absolute atomic E-state index is 12.8. The highest BCUT2D eigenvalue weighted by molar-refractivity contribution is 5.92. The minimum absolute atomic E-state index is 0.00685. The topological polar surface area (TPSA) is 115 Å². The minimum Gasteiger partial charge on any atom is -0.340 e. The Morgan fingerprint density at radius 3 is 2.84 bits per heavy atom. The number of nitrogens with zero attached hydrogens (tertiary/aromatic N) is 2. The van der Waals surface area contributed by atoms with Crippen molar-refractivity contribution >= 4 is 16.9 Å². The number of amides is 1. The van der Waals surface area contributed by atoms with Crippen molar-refractivity contribution in [1.29, 1.82) is 0 Å². The molecule has 1 saturated heterocycles. The molecule has 2 aromatic heterocycles. The number of rotatable bonds is 2. The van der Waals surface area contributed by atoms with E-state index in [1.165, 1.54) is 0 Å². The molecular weight excluding hydrogens is 322 g/mol. The smallest absolute Gasteiger partial charge is 0.326 e. The summed E-state index contributed by atoms with van der Waals surface area (Å²) in [7, 11) is 0. The lowest BCUT2D eigenvalue weighted by Gasteiger charge is -2.22. The number of carbonyl (C=O) groups excluding carboxylic acids is 1. The molecule has 0 saturated carbocycles. The van der Waals surface area contributed by atoms with E-state index in [0.717, 1.165) is 41.3 Å². The Labute approximate surface area is 141 Å². The highest BCUT2D eigenvalue weighted by atomic mass is 16.2. The third-order valence-corrected chi connectivity index (χ3v) is 4.48. The van der Waals surface area contributed by atoms with Gasteiger partial charge in [-0.2, -0.15) is 0 Å². The second-order valence-corrected chi connectivity index (χ2v) is 6.30. The predicted molar refractivity (Wildman–Crippen MR) is 91.5 cm³/mol. The molecule has 0 radical (unpaired) electrons. The summed E-state index contributed by atoms with van der Waals surface area (Å²) < 4.78 is 0. The molecule has 1 aliphatic heterocycles. The van der Waals surface area contributed by atoms with Crippen molar-refractivity contribution in [3.63, 3.8) is 0 Å². The van der Waals surface area contributed by atoms with Crippen LogP contribution in [-0.4, -0.2) is 37.3 Å². The molecule has 0 bridgehead atoms. The largest absolute Gasteiger partial charge is 0.340 e. The Balaban J connectivity index is 1.70. The zero-order valence-electron chi connectivity index (χ0n) is 13.6. The monoisotopic (exact) mass is 339 g/mol. The number of aryl methyl sites for hydroxylation is 1. The Bertz CT molecular complexity index is 1050. The Morgan fingerprint density at radius 2 is 2.04 bits per heavy atom. The molecule has 1 atom stereocenters. The number of nitrogens with one attached hydrogen (secondary N) is 3. The summed E-state index contributed by atoms with van der Waals surface area (Å²) in [6, 6.07) is 6.86. The van der Waals surface area contributed by atoms with Gasteiger partial charge in [-0.1, -0.05) is 6.07 Å². The molecule has 25 heavy (non-hydrogen) atoms. The van der Waals surface area contributed by atoms with Crippen molar-refractivity contribution in [2.75, 3.05) is 6.54 Å². The van der Waals surface area contributed by atoms with Crippen molar-refractivity contribution in [3.8, 4) is 0 Å². The Hall–Kier alpha value is -3.16. The lowest BCUT2D eigenvalue weighted by Crippen LogP contribution is -2.35. The Kier molecular flexibility index (Phi) is 3.52. The number of imidazole rings is 1. The van der Waals surface area contributed by atoms with Gasteiger partial charge >= 0.3 is 5.69 Å². The lowest BCUT2D eigenvalue weighted by atomic mass is 10.2. The van der Waals surface area contributed by atoms with E-state index in [-0.39, 0.29) is 17.6 Å². The highest BCUT2D eigenvalue weighted by Crippen LogP contribution is 2.32. The molecule has 1 aromatic carbocycles. The molecule has 1 aliphatic rings. The predicted octanol–water partition coefficient (Wildman–Crippen LogP) is 1.23. The van der Waals surface area contributed by atoms with Gasteiger partial charge in [0.1, 0.15) is 11.5 Å². The van der Waals surface area contributed by atoms with Crippen molar-refractivity contribution in [3.05, 3.63) is 62.2 Å². The van der Waals surface area contributed by atoms with Gasteiger partial charge in [0.15, 0.2) is 0 Å². The van der Waals surface area contributed by atoms with Crippen LogP contribution in [0.1, 0.15) is 40.8 Å². The van der Waals surface area contributed by atoms with Gasteiger partial charge in [0.2, 0.25) is 0 Å². The molecule has 1 fully saturated rings. The molecule has 0 spiro atoms. The van der Waals surface area contributed by atoms with Crippen LogP contribution < -0.4 is 11.2 Å². The maximum atomic E-state index is 12.8. The third-order valence-electron chi connectivity index (χ3n) is 4.48. The van der Waals surface area contributed by atoms with Gasteiger partial charge in [0.05, 0.1) is 17.1 Å². The van der Waals surface area contributed by atoms with Crippen LogP contribution in [0, 0.1) is 6.92 Å². The lowest BCUT2D eigenvalue weighted by molar-refractivity contribution is 0.0724. The highest BCUT2D eigenvalue weighted by Gasteiger charge is 2.33. The van der Waals surface area contributed by atoms with Gasteiger partial charge in [-0.05, 0) is 37.5 Å². The van der Waals surface area contributed by atoms with Gasteiger partial charge < -0.3 is 14.9 Å². The van der Waals surface area contributed by atoms with E-state index in [1.807, 2.05) is 25.1 Å². The second-order valence-electron chi connectivity index (χ2n) is 6.30. The average Bonchev–Trinajstić information content (AvgIpc) is 3.18. The summed E-state index contributed by atoms with van der Waals surface area (Å²) in [6.07, 6.45) is 1.61. The number of hydrogen-bond acceptors (Lipinski definition) is 4. The molecule has 0 aliphatic carbocycles. The summed E-state index contributed by atoms with van der Waals surface area (Å²) in [5.74, 6) is 0.348. The number of H-pyrrole nitrogens is 3. The van der Waals surface area contributed by atoms with E-state index in [0.29, 0.717) is 6.54 Å². The second kappa shape index (κ2) is 5.73. The molecule has 8 heteroatoms. The number of aromatic nitrogens is 4. The normalized spacial score (nSPS) is 17.3. The molecule has 8 nitrogen and oxygen atoms in total. The first-order chi connectivity index (χ1) is 12.0. The minimum atomic E-state index is -0.689. The van der Waals surface area contributed by atoms with Crippen LogP contribution in [-0.2, 0) is 0 Å². The summed E-state index contributed by atoms with van der Waals surface area (Å²) in [5, 5.41) is 0. The summed E-state index contributed by atoms with van der Waals surface area (Å²) in [6.45, 7) is 2.56. The molecule has 3 N–H and O–H groups in total. The van der Waals surface area contributed by atoms with E-state index in [4.69, 9.17) is 0 Å². The molecule has 3 aromatic rings. The molecule has 3 heterocycles. The first-order valence-electron chi connectivity index (χ1n) is 8.12. The SMILES string of the molecule is Cc1ccc2nc([C@H]3CCCN3C(=O)c3cc(=O)[nH]c(=O)[nH]3)[nH]c2c1. The molecule has 1 amide bonds. The van der Waals surface area contributed by atoms with Crippen molar-refractivity contribution in [1.82, 2.24) is 24.8 Å². The van der Waals surface area contributed by atoms with Crippen molar-refractivity contribution in [2.24, 2.45) is 0 Å². The van der Waals surface area contributed by atoms with Crippen LogP contribution in [0.15, 0.2) is 33.9 Å². The van der Waals surface area contributed by atoms with Crippen molar-refractivity contribution < 1.29 is 4.79 Å². The van der Waals surface area contributed by atoms with Gasteiger partial charge in [-0.15, -0.1) is 0 Å². The molecule has 0 unspecified atom stereocenters. The van der Waals surface area contributed by atoms with E-state index >= 15 is 0 Å². The fourth-order valence-electron chi connectivity index (χ4n) is 3.33. The van der Waals surface area contributed by atoms with E-state index in [2.05, 4.69) is 19.9 Å². The standard InChI is InChI=1S/C17H17N5O3/c1-9-4-5-10-11(7-9)19-15(18-10)13-3-2-6-22(13)16(24)12-8-14(23)21-17(25)20-12/h4-5,7-8,13H,2-3,6H2,1H3,(H,18,19)(H2,20,21,23,25)/t13-/m1/s1. The first-order valence-corrected chi connectivity index (χ1v) is 8.12. The molecule has 4 rings (SSSR count). The summed E-state index contributed by atoms with van der Waals surface area (Å²) in [4.78, 5) is 49.7. The number of hydrogen-bond donors (Lipinski definition) is 3. The van der Waals surface area contributed by atoms with Crippen LogP contribution in [0.2, 0.25) is 0 Å². The summed E-state index contributed by atoms with van der Waals surface area (Å²) in [5.41, 5.74) is 1.62. The van der Waals surface area contributed by atoms with E-state index in [1.54, 1.807) is 4.90 Å². The van der Waals surface area contributed by atoms with Gasteiger partial charge in [0, 0.05) is 12.6 Å². The quantitative estimate of drug-likeness (QED) is 0.651. The van der Waals surface area contributed by atoms with Crippen LogP contribution in [0.4, 0.5) is 0 Å². The van der Waals surface area contributed by atoms with Crippen LogP contribution in [0.5, 0.6) is 0 Å². The van der Waals surface area contributed by atoms with E-state index in [9.17, 15) is 14.4 Å². The average molecular weight is 339 g/mol. The van der Waals surface area contributed by atoms with Crippen LogP contribution >= 0.6 is 0 Å². The molecular formula is C17H17N5O3. The van der Waals surface area contributed by atoms with Crippen molar-refractivity contribution in [2.45, 2.75) is 25.8 Å². The van der Waals surface area contributed by atoms with Gasteiger partial charge in [-0.3, -0.25) is 14.6 Å². The van der Waals surface area contributed by atoms with Crippen LogP contribution in [0.25, 0.3) is 11.0 Å². The number of aromatic amines is 3. The number of carbonyl (C=O) groups is 1. The number of benzene rings is 1. The Morgan fingerprint density at radius 1 is 1.20 bits per heavy atom. The fourth-order valence-corrected chi connectivity index (χ4v) is 3.33. The maximum Gasteiger partial charge on any atom is 0.326 e. The van der Waals surface area contributed by atoms with Crippen LogP contribution in [0.3, 0.4) is 0 Å². The number of likely N-dealkylation sites (tertiary alicyclic amines) is 1. The third kappa shape index (κ3) is 2.75. The zero-order valence-corrected chi connectivity index (χ0v) is 13.6. The van der Waals surface area contributed by atoms with E-state index < -0.39 is 11.2 Å². The number of fused-ring (bicyclic) bond motifs is 1. The van der Waals surface area contributed by atoms with Gasteiger partial charge in [-0.25, -0.2) is 9.78 Å². The fraction of sp³-hybridized carbons (Fsp3) is 0.294. The first kappa shape index (κ1) is 15.4. The molecule has 128 valence electrons. The van der Waals surface area contributed by atoms with Gasteiger partial charge in [0.25, 0.3) is 11.5 Å².